The first-order valence-electron chi connectivity index (χ1n) is 6.21. The molecular weight excluding hydrogens is 276 g/mol. The first kappa shape index (κ1) is 17.9. The van der Waals surface area contributed by atoms with Gasteiger partial charge in [-0.1, -0.05) is 0 Å². The van der Waals surface area contributed by atoms with Crippen molar-refractivity contribution >= 4 is 28.4 Å². The summed E-state index contributed by atoms with van der Waals surface area (Å²) in [4.78, 5) is 22.7. The van der Waals surface area contributed by atoms with Gasteiger partial charge in [-0.3, -0.25) is 4.79 Å². The van der Waals surface area contributed by atoms with Crippen molar-refractivity contribution in [1.29, 1.82) is 0 Å². The minimum Gasteiger partial charge on any atom is -0.544 e. The largest absolute Gasteiger partial charge is 0.544 e. The maximum atomic E-state index is 11.6. The van der Waals surface area contributed by atoms with Gasteiger partial charge in [0.1, 0.15) is 5.76 Å². The zero-order chi connectivity index (χ0) is 15.3. The molecule has 0 aliphatic heterocycles. The predicted octanol–water partition coefficient (Wildman–Crippen LogP) is 3.25. The highest BCUT2D eigenvalue weighted by atomic mass is 28.4. The van der Waals surface area contributed by atoms with Crippen LogP contribution < -0.4 is 0 Å². The maximum absolute atomic E-state index is 11.6. The zero-order valence-electron chi connectivity index (χ0n) is 12.9. The molecule has 108 valence electrons. The van der Waals surface area contributed by atoms with Crippen LogP contribution in [-0.4, -0.2) is 28.4 Å². The van der Waals surface area contributed by atoms with Gasteiger partial charge in [-0.2, -0.15) is 0 Å². The van der Waals surface area contributed by atoms with Crippen molar-refractivity contribution in [2.75, 3.05) is 0 Å². The Kier molecular flexibility index (Phi) is 6.44. The summed E-state index contributed by atoms with van der Waals surface area (Å²) in [6, 6.07) is 0. The summed E-state index contributed by atoms with van der Waals surface area (Å²) in [6.07, 6.45) is 4.20. The number of carbonyl (C=O) groups excluding carboxylic acids is 2. The minimum atomic E-state index is -1.89. The third kappa shape index (κ3) is 11.7. The number of hydrogen-bond acceptors (Lipinski definition) is 4. The lowest BCUT2D eigenvalue weighted by Crippen LogP contribution is -2.28. The summed E-state index contributed by atoms with van der Waals surface area (Å²) in [5, 5.41) is 0. The quantitative estimate of drug-likeness (QED) is 0.327. The Labute approximate surface area is 117 Å². The fourth-order valence-electron chi connectivity index (χ4n) is 1.15. The number of rotatable bonds is 6. The van der Waals surface area contributed by atoms with E-state index in [0.29, 0.717) is 5.76 Å². The molecule has 0 spiro atoms. The fourth-order valence-corrected chi connectivity index (χ4v) is 2.66. The summed E-state index contributed by atoms with van der Waals surface area (Å²) in [6.45, 7) is 13.3. The van der Waals surface area contributed by atoms with Crippen molar-refractivity contribution < 1.29 is 18.4 Å². The van der Waals surface area contributed by atoms with Crippen molar-refractivity contribution in [1.82, 2.24) is 0 Å². The normalized spacial score (nSPS) is 13.5. The molecule has 0 aliphatic rings. The molecular formula is C13H24O4Si2. The van der Waals surface area contributed by atoms with Crippen LogP contribution in [0.1, 0.15) is 6.92 Å². The lowest BCUT2D eigenvalue weighted by atomic mass is 10.3. The van der Waals surface area contributed by atoms with Gasteiger partial charge in [0.05, 0.1) is 0 Å². The van der Waals surface area contributed by atoms with Crippen molar-refractivity contribution in [2.24, 2.45) is 0 Å². The Bertz CT molecular complexity index is 398. The zero-order valence-corrected chi connectivity index (χ0v) is 14.9. The molecule has 0 aliphatic carbocycles. The molecule has 0 heterocycles. The lowest BCUT2D eigenvalue weighted by Gasteiger charge is -2.20. The Balaban J connectivity index is 4.84. The predicted molar refractivity (Wildman–Crippen MR) is 81.8 cm³/mol. The number of hydrogen-bond donors (Lipinski definition) is 0. The van der Waals surface area contributed by atoms with Crippen molar-refractivity contribution in [3.63, 3.8) is 0 Å². The highest BCUT2D eigenvalue weighted by Crippen LogP contribution is 2.12. The molecule has 19 heavy (non-hydrogen) atoms. The van der Waals surface area contributed by atoms with Crippen LogP contribution in [0.2, 0.25) is 39.3 Å². The van der Waals surface area contributed by atoms with E-state index in [4.69, 9.17) is 8.85 Å². The molecule has 4 nitrogen and oxygen atoms in total. The van der Waals surface area contributed by atoms with Gasteiger partial charge in [-0.05, 0) is 52.3 Å². The molecule has 0 saturated heterocycles. The SMILES string of the molecule is CC(=O)/C=C(/C=C\C(=O)O[Si](C)(C)C)O[Si](C)(C)C. The highest BCUT2D eigenvalue weighted by molar-refractivity contribution is 6.71. The molecule has 0 aromatic heterocycles. The first-order chi connectivity index (χ1) is 8.39. The molecule has 0 amide bonds. The smallest absolute Gasteiger partial charge is 0.317 e. The molecule has 0 aromatic rings. The van der Waals surface area contributed by atoms with E-state index >= 15 is 0 Å². The molecule has 0 saturated carbocycles. The molecule has 0 atom stereocenters. The standard InChI is InChI=1S/C13H24O4Si2/c1-11(14)10-12(16-18(2,3)4)8-9-13(15)17-19(5,6)7/h8-10H,1-7H3/b9-8-,12-10-. The van der Waals surface area contributed by atoms with Crippen LogP contribution in [0.5, 0.6) is 0 Å². The van der Waals surface area contributed by atoms with E-state index in [0.717, 1.165) is 0 Å². The number of ketones is 1. The van der Waals surface area contributed by atoms with Crippen LogP contribution in [0.15, 0.2) is 24.0 Å². The molecule has 0 bridgehead atoms. The molecule has 0 aromatic carbocycles. The summed E-state index contributed by atoms with van der Waals surface area (Å²) < 4.78 is 11.0. The average molecular weight is 301 g/mol. The lowest BCUT2D eigenvalue weighted by molar-refractivity contribution is -0.129. The molecule has 0 radical (unpaired) electrons. The average Bonchev–Trinajstić information content (AvgIpc) is 2.07. The van der Waals surface area contributed by atoms with E-state index in [1.54, 1.807) is 0 Å². The van der Waals surface area contributed by atoms with Gasteiger partial charge in [-0.15, -0.1) is 0 Å². The van der Waals surface area contributed by atoms with Crippen LogP contribution in [0, 0.1) is 0 Å². The van der Waals surface area contributed by atoms with Gasteiger partial charge < -0.3 is 8.85 Å². The second-order valence-corrected chi connectivity index (χ2v) is 15.1. The first-order valence-corrected chi connectivity index (χ1v) is 13.0. The van der Waals surface area contributed by atoms with E-state index in [-0.39, 0.29) is 5.78 Å². The third-order valence-electron chi connectivity index (χ3n) is 1.56. The number of allylic oxidation sites excluding steroid dienone is 2. The van der Waals surface area contributed by atoms with Gasteiger partial charge in [0, 0.05) is 12.2 Å². The second kappa shape index (κ2) is 6.86. The van der Waals surface area contributed by atoms with Gasteiger partial charge in [0.25, 0.3) is 0 Å². The summed E-state index contributed by atoms with van der Waals surface area (Å²) in [5.41, 5.74) is 0. The van der Waals surface area contributed by atoms with Gasteiger partial charge in [0.2, 0.25) is 16.6 Å². The van der Waals surface area contributed by atoms with Crippen LogP contribution in [0.25, 0.3) is 0 Å². The van der Waals surface area contributed by atoms with Crippen LogP contribution in [-0.2, 0) is 18.4 Å². The maximum Gasteiger partial charge on any atom is 0.317 e. The highest BCUT2D eigenvalue weighted by Gasteiger charge is 2.19. The van der Waals surface area contributed by atoms with Gasteiger partial charge in [0.15, 0.2) is 5.78 Å². The molecule has 0 rings (SSSR count). The summed E-state index contributed by atoms with van der Waals surface area (Å²) >= 11 is 0. The Morgan fingerprint density at radius 2 is 1.32 bits per heavy atom. The molecule has 0 fully saturated rings. The monoisotopic (exact) mass is 300 g/mol. The minimum absolute atomic E-state index is 0.114. The third-order valence-corrected chi connectivity index (χ3v) is 3.22. The van der Waals surface area contributed by atoms with Crippen molar-refractivity contribution in [3.05, 3.63) is 24.0 Å². The molecule has 0 unspecified atom stereocenters. The Hall–Kier alpha value is -1.15. The van der Waals surface area contributed by atoms with E-state index in [1.807, 2.05) is 39.3 Å². The summed E-state index contributed by atoms with van der Waals surface area (Å²) in [7, 11) is -3.71. The molecule has 0 N–H and O–H groups in total. The molecule has 6 heteroatoms. The Morgan fingerprint density at radius 1 is 0.842 bits per heavy atom. The van der Waals surface area contributed by atoms with E-state index in [9.17, 15) is 9.59 Å². The van der Waals surface area contributed by atoms with Crippen LogP contribution >= 0.6 is 0 Å². The van der Waals surface area contributed by atoms with Crippen molar-refractivity contribution in [2.45, 2.75) is 46.2 Å². The van der Waals surface area contributed by atoms with Crippen LogP contribution in [0.3, 0.4) is 0 Å². The second-order valence-electron chi connectivity index (χ2n) is 6.24. The summed E-state index contributed by atoms with van der Waals surface area (Å²) in [5.74, 6) is -0.0940. The van der Waals surface area contributed by atoms with E-state index < -0.39 is 22.6 Å². The van der Waals surface area contributed by atoms with Crippen LogP contribution in [0.4, 0.5) is 0 Å². The van der Waals surface area contributed by atoms with E-state index in [1.165, 1.54) is 25.2 Å². The number of carbonyl (C=O) groups is 2. The van der Waals surface area contributed by atoms with Gasteiger partial charge >= 0.3 is 5.97 Å². The fraction of sp³-hybridized carbons (Fsp3) is 0.538. The van der Waals surface area contributed by atoms with Gasteiger partial charge in [-0.25, -0.2) is 4.79 Å². The van der Waals surface area contributed by atoms with E-state index in [2.05, 4.69) is 0 Å². The van der Waals surface area contributed by atoms with Crippen molar-refractivity contribution in [3.8, 4) is 0 Å². The Morgan fingerprint density at radius 3 is 1.68 bits per heavy atom. The topological polar surface area (TPSA) is 52.6 Å².